The van der Waals surface area contributed by atoms with Crippen LogP contribution >= 0.6 is 0 Å². The summed E-state index contributed by atoms with van der Waals surface area (Å²) in [6, 6.07) is 0. The van der Waals surface area contributed by atoms with Crippen LogP contribution in [0.15, 0.2) is 18.9 Å². The van der Waals surface area contributed by atoms with E-state index in [0.29, 0.717) is 11.2 Å². The highest BCUT2D eigenvalue weighted by Gasteiger charge is 2.09. The number of hydrogen-bond donors (Lipinski definition) is 2. The molecule has 0 aliphatic heterocycles. The molecule has 16 heavy (non-hydrogen) atoms. The maximum atomic E-state index is 8.88. The summed E-state index contributed by atoms with van der Waals surface area (Å²) in [6.07, 6.45) is 4.46. The van der Waals surface area contributed by atoms with Gasteiger partial charge < -0.3 is 15.1 Å². The van der Waals surface area contributed by atoms with Gasteiger partial charge in [0.25, 0.3) is 0 Å². The van der Waals surface area contributed by atoms with Gasteiger partial charge in [0, 0.05) is 5.92 Å². The largest absolute Gasteiger partial charge is 0.410 e. The summed E-state index contributed by atoms with van der Waals surface area (Å²) < 4.78 is 1.40. The number of nitrogens with zero attached hydrogens (tertiary/aromatic N) is 4. The van der Waals surface area contributed by atoms with Crippen LogP contribution in [0.25, 0.3) is 11.2 Å². The van der Waals surface area contributed by atoms with Crippen LogP contribution < -0.4 is 4.84 Å². The van der Waals surface area contributed by atoms with Crippen molar-refractivity contribution in [2.75, 3.05) is 19.8 Å². The van der Waals surface area contributed by atoms with Crippen LogP contribution in [0.5, 0.6) is 0 Å². The molecule has 0 amide bonds. The Kier molecular flexibility index (Phi) is 3.28. The molecule has 0 saturated carbocycles. The highest BCUT2D eigenvalue weighted by Crippen LogP contribution is 2.05. The van der Waals surface area contributed by atoms with E-state index in [1.807, 2.05) is 0 Å². The fourth-order valence-corrected chi connectivity index (χ4v) is 1.19. The standard InChI is InChI=1S/C9H12N4O3/c14-2-7(3-15)4-16-13-6-12-8-1-10-5-11-9(8)13/h1,5-7,14-15H,2-4H2. The number of aliphatic hydroxyl groups is 2. The van der Waals surface area contributed by atoms with Crippen LogP contribution in [-0.2, 0) is 0 Å². The molecule has 0 spiro atoms. The number of rotatable bonds is 5. The number of aromatic nitrogens is 4. The third-order valence-electron chi connectivity index (χ3n) is 2.15. The molecule has 7 nitrogen and oxygen atoms in total. The van der Waals surface area contributed by atoms with Gasteiger partial charge in [0.05, 0.1) is 19.4 Å². The van der Waals surface area contributed by atoms with Gasteiger partial charge in [-0.25, -0.2) is 15.0 Å². The Morgan fingerprint density at radius 2 is 2.12 bits per heavy atom. The van der Waals surface area contributed by atoms with E-state index in [2.05, 4.69) is 15.0 Å². The second kappa shape index (κ2) is 4.86. The van der Waals surface area contributed by atoms with E-state index in [1.54, 1.807) is 6.20 Å². The zero-order valence-corrected chi connectivity index (χ0v) is 8.52. The Labute approximate surface area is 91.3 Å². The second-order valence-electron chi connectivity index (χ2n) is 3.33. The lowest BCUT2D eigenvalue weighted by atomic mass is 10.2. The molecule has 2 heterocycles. The summed E-state index contributed by atoms with van der Waals surface area (Å²) in [7, 11) is 0. The van der Waals surface area contributed by atoms with Crippen molar-refractivity contribution in [3.05, 3.63) is 18.9 Å². The number of imidazole rings is 1. The van der Waals surface area contributed by atoms with Crippen molar-refractivity contribution in [3.8, 4) is 0 Å². The van der Waals surface area contributed by atoms with Crippen molar-refractivity contribution in [1.82, 2.24) is 19.7 Å². The predicted octanol–water partition coefficient (Wildman–Crippen LogP) is -1.14. The van der Waals surface area contributed by atoms with Crippen molar-refractivity contribution >= 4 is 11.2 Å². The molecule has 7 heteroatoms. The molecule has 2 aromatic heterocycles. The first-order valence-corrected chi connectivity index (χ1v) is 4.83. The molecule has 0 fully saturated rings. The van der Waals surface area contributed by atoms with Crippen LogP contribution in [-0.4, -0.2) is 49.7 Å². The molecule has 0 saturated heterocycles. The van der Waals surface area contributed by atoms with Gasteiger partial charge in [-0.3, -0.25) is 0 Å². The van der Waals surface area contributed by atoms with Gasteiger partial charge in [-0.05, 0) is 0 Å². The van der Waals surface area contributed by atoms with Crippen LogP contribution in [0.1, 0.15) is 0 Å². The fourth-order valence-electron chi connectivity index (χ4n) is 1.19. The first-order chi connectivity index (χ1) is 7.85. The monoisotopic (exact) mass is 224 g/mol. The van der Waals surface area contributed by atoms with Gasteiger partial charge >= 0.3 is 0 Å². The van der Waals surface area contributed by atoms with Gasteiger partial charge in [-0.15, -0.1) is 0 Å². The molecule has 2 aromatic rings. The normalized spacial score (nSPS) is 11.2. The quantitative estimate of drug-likeness (QED) is 0.666. The van der Waals surface area contributed by atoms with Gasteiger partial charge in [0.15, 0.2) is 5.65 Å². The van der Waals surface area contributed by atoms with E-state index in [9.17, 15) is 0 Å². The second-order valence-corrected chi connectivity index (χ2v) is 3.33. The van der Waals surface area contributed by atoms with Crippen LogP contribution in [0.3, 0.4) is 0 Å². The molecule has 0 aliphatic carbocycles. The average Bonchev–Trinajstić information content (AvgIpc) is 2.74. The van der Waals surface area contributed by atoms with Gasteiger partial charge in [0.1, 0.15) is 24.8 Å². The van der Waals surface area contributed by atoms with E-state index < -0.39 is 0 Å². The third-order valence-corrected chi connectivity index (χ3v) is 2.15. The highest BCUT2D eigenvalue weighted by molar-refractivity contribution is 5.68. The summed E-state index contributed by atoms with van der Waals surface area (Å²) in [5, 5.41) is 17.8. The summed E-state index contributed by atoms with van der Waals surface area (Å²) in [4.78, 5) is 17.2. The van der Waals surface area contributed by atoms with E-state index in [-0.39, 0.29) is 25.7 Å². The minimum absolute atomic E-state index is 0.127. The molecule has 0 radical (unpaired) electrons. The molecule has 86 valence electrons. The van der Waals surface area contributed by atoms with E-state index in [1.165, 1.54) is 17.4 Å². The molecule has 0 atom stereocenters. The minimum atomic E-state index is -0.306. The van der Waals surface area contributed by atoms with E-state index in [0.717, 1.165) is 0 Å². The van der Waals surface area contributed by atoms with Crippen molar-refractivity contribution in [3.63, 3.8) is 0 Å². The van der Waals surface area contributed by atoms with Crippen molar-refractivity contribution in [2.24, 2.45) is 5.92 Å². The van der Waals surface area contributed by atoms with Gasteiger partial charge in [-0.2, -0.15) is 4.73 Å². The maximum Gasteiger partial charge on any atom is 0.198 e. The predicted molar refractivity (Wildman–Crippen MR) is 54.4 cm³/mol. The topological polar surface area (TPSA) is 93.3 Å². The fraction of sp³-hybridized carbons (Fsp3) is 0.444. The minimum Gasteiger partial charge on any atom is -0.410 e. The first-order valence-electron chi connectivity index (χ1n) is 4.83. The number of aliphatic hydroxyl groups excluding tert-OH is 2. The van der Waals surface area contributed by atoms with Gasteiger partial charge in [-0.1, -0.05) is 0 Å². The lowest BCUT2D eigenvalue weighted by Gasteiger charge is -2.12. The van der Waals surface area contributed by atoms with Crippen molar-refractivity contribution < 1.29 is 15.1 Å². The number of fused-ring (bicyclic) bond motifs is 1. The number of hydrogen-bond acceptors (Lipinski definition) is 6. The summed E-state index contributed by atoms with van der Waals surface area (Å²) in [5.74, 6) is -0.306. The molecule has 0 aromatic carbocycles. The summed E-state index contributed by atoms with van der Waals surface area (Å²) >= 11 is 0. The zero-order valence-electron chi connectivity index (χ0n) is 8.52. The Balaban J connectivity index is 2.09. The van der Waals surface area contributed by atoms with Crippen molar-refractivity contribution in [1.29, 1.82) is 0 Å². The first kappa shape index (κ1) is 10.8. The Hall–Kier alpha value is -1.73. The highest BCUT2D eigenvalue weighted by atomic mass is 16.7. The van der Waals surface area contributed by atoms with Gasteiger partial charge in [0.2, 0.25) is 0 Å². The SMILES string of the molecule is OCC(CO)COn1cnc2cncnc21. The average molecular weight is 224 g/mol. The maximum absolute atomic E-state index is 8.88. The molecular formula is C9H12N4O3. The molecule has 2 rings (SSSR count). The van der Waals surface area contributed by atoms with Crippen LogP contribution in [0, 0.1) is 5.92 Å². The zero-order chi connectivity index (χ0) is 11.4. The lowest BCUT2D eigenvalue weighted by Crippen LogP contribution is -2.24. The molecule has 0 unspecified atom stereocenters. The smallest absolute Gasteiger partial charge is 0.198 e. The lowest BCUT2D eigenvalue weighted by molar-refractivity contribution is 0.0388. The molecule has 0 bridgehead atoms. The summed E-state index contributed by atoms with van der Waals surface area (Å²) in [5.41, 5.74) is 1.19. The van der Waals surface area contributed by atoms with E-state index >= 15 is 0 Å². The Morgan fingerprint density at radius 3 is 2.88 bits per heavy atom. The van der Waals surface area contributed by atoms with Crippen LogP contribution in [0.4, 0.5) is 0 Å². The van der Waals surface area contributed by atoms with E-state index in [4.69, 9.17) is 15.1 Å². The summed E-state index contributed by atoms with van der Waals surface area (Å²) in [6.45, 7) is -0.0569. The Morgan fingerprint density at radius 1 is 1.31 bits per heavy atom. The third kappa shape index (κ3) is 2.10. The molecule has 0 aliphatic rings. The van der Waals surface area contributed by atoms with Crippen LogP contribution in [0.2, 0.25) is 0 Å². The van der Waals surface area contributed by atoms with Crippen molar-refractivity contribution in [2.45, 2.75) is 0 Å². The Bertz CT molecular complexity index is 455. The molecular weight excluding hydrogens is 212 g/mol. The molecule has 2 N–H and O–H groups in total.